The highest BCUT2D eigenvalue weighted by Crippen LogP contribution is 2.48. The first-order valence-corrected chi connectivity index (χ1v) is 5.63. The Morgan fingerprint density at radius 2 is 2.15 bits per heavy atom. The largest absolute Gasteiger partial charge is 0.0873 e. The van der Waals surface area contributed by atoms with Crippen LogP contribution in [0, 0.1) is 11.3 Å². The summed E-state index contributed by atoms with van der Waals surface area (Å²) in [6, 6.07) is 0. The van der Waals surface area contributed by atoms with E-state index in [1.54, 1.807) is 5.57 Å². The van der Waals surface area contributed by atoms with Gasteiger partial charge < -0.3 is 0 Å². The fourth-order valence-electron chi connectivity index (χ4n) is 2.93. The van der Waals surface area contributed by atoms with E-state index in [4.69, 9.17) is 0 Å². The minimum Gasteiger partial charge on any atom is -0.0873 e. The van der Waals surface area contributed by atoms with Crippen LogP contribution in [0.3, 0.4) is 0 Å². The SMILES string of the molecule is CC(C)C12C=CCCC1=CCCC2. The second-order valence-electron chi connectivity index (χ2n) is 4.76. The minimum atomic E-state index is 0.455. The van der Waals surface area contributed by atoms with E-state index >= 15 is 0 Å². The van der Waals surface area contributed by atoms with Crippen LogP contribution in [0.15, 0.2) is 23.8 Å². The van der Waals surface area contributed by atoms with E-state index in [9.17, 15) is 0 Å². The maximum absolute atomic E-state index is 2.51. The fraction of sp³-hybridized carbons (Fsp3) is 0.692. The van der Waals surface area contributed by atoms with E-state index in [2.05, 4.69) is 32.1 Å². The highest BCUT2D eigenvalue weighted by Gasteiger charge is 2.36. The molecular weight excluding hydrogens is 156 g/mol. The molecule has 2 aliphatic rings. The second-order valence-corrected chi connectivity index (χ2v) is 4.76. The van der Waals surface area contributed by atoms with E-state index in [-0.39, 0.29) is 0 Å². The van der Waals surface area contributed by atoms with Gasteiger partial charge >= 0.3 is 0 Å². The molecule has 13 heavy (non-hydrogen) atoms. The molecule has 0 nitrogen and oxygen atoms in total. The highest BCUT2D eigenvalue weighted by atomic mass is 14.4. The van der Waals surface area contributed by atoms with Crippen molar-refractivity contribution in [2.75, 3.05) is 0 Å². The lowest BCUT2D eigenvalue weighted by Gasteiger charge is -2.42. The Bertz CT molecular complexity index is 245. The average molecular weight is 176 g/mol. The zero-order chi connectivity index (χ0) is 9.31. The summed E-state index contributed by atoms with van der Waals surface area (Å²) in [6.07, 6.45) is 14.0. The number of hydrogen-bond donors (Lipinski definition) is 0. The molecular formula is C13H20. The minimum absolute atomic E-state index is 0.455. The molecule has 0 saturated heterocycles. The van der Waals surface area contributed by atoms with Crippen molar-refractivity contribution in [3.63, 3.8) is 0 Å². The lowest BCUT2D eigenvalue weighted by molar-refractivity contribution is 0.266. The summed E-state index contributed by atoms with van der Waals surface area (Å²) in [5, 5.41) is 0. The van der Waals surface area contributed by atoms with E-state index in [1.165, 1.54) is 32.1 Å². The first kappa shape index (κ1) is 9.05. The predicted octanol–water partition coefficient (Wildman–Crippen LogP) is 4.09. The van der Waals surface area contributed by atoms with Gasteiger partial charge in [0.1, 0.15) is 0 Å². The topological polar surface area (TPSA) is 0 Å². The van der Waals surface area contributed by atoms with E-state index < -0.39 is 0 Å². The van der Waals surface area contributed by atoms with Crippen LogP contribution >= 0.6 is 0 Å². The van der Waals surface area contributed by atoms with Crippen molar-refractivity contribution in [3.05, 3.63) is 23.8 Å². The maximum atomic E-state index is 2.51. The van der Waals surface area contributed by atoms with Gasteiger partial charge in [-0.25, -0.2) is 0 Å². The van der Waals surface area contributed by atoms with Crippen LogP contribution in [0.5, 0.6) is 0 Å². The quantitative estimate of drug-likeness (QED) is 0.528. The molecule has 0 aromatic carbocycles. The Morgan fingerprint density at radius 3 is 2.85 bits per heavy atom. The Labute approximate surface area is 81.7 Å². The summed E-state index contributed by atoms with van der Waals surface area (Å²) in [7, 11) is 0. The van der Waals surface area contributed by atoms with Gasteiger partial charge in [-0.05, 0) is 38.0 Å². The van der Waals surface area contributed by atoms with Crippen molar-refractivity contribution >= 4 is 0 Å². The van der Waals surface area contributed by atoms with Crippen LogP contribution in [0.1, 0.15) is 46.0 Å². The van der Waals surface area contributed by atoms with Gasteiger partial charge in [0, 0.05) is 5.41 Å². The van der Waals surface area contributed by atoms with E-state index in [0.29, 0.717) is 5.41 Å². The predicted molar refractivity (Wildman–Crippen MR) is 57.6 cm³/mol. The van der Waals surface area contributed by atoms with Gasteiger partial charge in [0.15, 0.2) is 0 Å². The van der Waals surface area contributed by atoms with Crippen LogP contribution in [0.2, 0.25) is 0 Å². The van der Waals surface area contributed by atoms with Gasteiger partial charge in [0.05, 0.1) is 0 Å². The lowest BCUT2D eigenvalue weighted by Crippen LogP contribution is -2.31. The van der Waals surface area contributed by atoms with Gasteiger partial charge in [-0.15, -0.1) is 0 Å². The molecule has 0 aromatic rings. The van der Waals surface area contributed by atoms with E-state index in [0.717, 1.165) is 5.92 Å². The molecule has 0 heterocycles. The van der Waals surface area contributed by atoms with Crippen LogP contribution in [0.25, 0.3) is 0 Å². The molecule has 0 aromatic heterocycles. The fourth-order valence-corrected chi connectivity index (χ4v) is 2.93. The van der Waals surface area contributed by atoms with Crippen molar-refractivity contribution in [1.82, 2.24) is 0 Å². The molecule has 1 unspecified atom stereocenters. The van der Waals surface area contributed by atoms with Crippen molar-refractivity contribution in [3.8, 4) is 0 Å². The van der Waals surface area contributed by atoms with Gasteiger partial charge in [0.2, 0.25) is 0 Å². The second kappa shape index (κ2) is 3.32. The van der Waals surface area contributed by atoms with Crippen LogP contribution in [0.4, 0.5) is 0 Å². The van der Waals surface area contributed by atoms with Gasteiger partial charge in [-0.2, -0.15) is 0 Å². The zero-order valence-electron chi connectivity index (χ0n) is 8.84. The molecule has 0 amide bonds. The Balaban J connectivity index is 2.38. The van der Waals surface area contributed by atoms with Gasteiger partial charge in [-0.1, -0.05) is 37.6 Å². The number of fused-ring (bicyclic) bond motifs is 1. The number of rotatable bonds is 1. The van der Waals surface area contributed by atoms with Crippen LogP contribution in [-0.2, 0) is 0 Å². The van der Waals surface area contributed by atoms with Crippen molar-refractivity contribution in [2.24, 2.45) is 11.3 Å². The van der Waals surface area contributed by atoms with Crippen LogP contribution in [-0.4, -0.2) is 0 Å². The molecule has 0 N–H and O–H groups in total. The van der Waals surface area contributed by atoms with E-state index in [1.807, 2.05) is 0 Å². The molecule has 1 atom stereocenters. The molecule has 0 bridgehead atoms. The third kappa shape index (κ3) is 1.37. The summed E-state index contributed by atoms with van der Waals surface area (Å²) in [5.74, 6) is 0.774. The van der Waals surface area contributed by atoms with Crippen LogP contribution < -0.4 is 0 Å². The molecule has 0 heteroatoms. The lowest BCUT2D eigenvalue weighted by atomic mass is 9.62. The molecule has 0 fully saturated rings. The number of allylic oxidation sites excluding steroid dienone is 4. The standard InChI is InChI=1S/C13H20/c1-11(2)13-9-5-3-7-12(13)8-4-6-10-13/h5,8-9,11H,3-4,6-7,10H2,1-2H3. The molecule has 0 radical (unpaired) electrons. The summed E-state index contributed by atoms with van der Waals surface area (Å²) >= 11 is 0. The molecule has 0 saturated carbocycles. The van der Waals surface area contributed by atoms with Crippen molar-refractivity contribution in [2.45, 2.75) is 46.0 Å². The Kier molecular flexibility index (Phi) is 2.31. The zero-order valence-corrected chi connectivity index (χ0v) is 8.84. The van der Waals surface area contributed by atoms with Gasteiger partial charge in [0.25, 0.3) is 0 Å². The molecule has 0 spiro atoms. The third-order valence-corrected chi connectivity index (χ3v) is 3.81. The normalized spacial score (nSPS) is 33.0. The monoisotopic (exact) mass is 176 g/mol. The maximum Gasteiger partial charge on any atom is 0.0114 e. The molecule has 2 aliphatic carbocycles. The smallest absolute Gasteiger partial charge is 0.0114 e. The van der Waals surface area contributed by atoms with Gasteiger partial charge in [-0.3, -0.25) is 0 Å². The number of hydrogen-bond acceptors (Lipinski definition) is 0. The van der Waals surface area contributed by atoms with Crippen molar-refractivity contribution in [1.29, 1.82) is 0 Å². The first-order valence-electron chi connectivity index (χ1n) is 5.63. The molecule has 0 aliphatic heterocycles. The van der Waals surface area contributed by atoms with Crippen molar-refractivity contribution < 1.29 is 0 Å². The summed E-state index contributed by atoms with van der Waals surface area (Å²) in [4.78, 5) is 0. The highest BCUT2D eigenvalue weighted by molar-refractivity contribution is 5.29. The summed E-state index contributed by atoms with van der Waals surface area (Å²) < 4.78 is 0. The first-order chi connectivity index (χ1) is 6.26. The average Bonchev–Trinajstić information content (AvgIpc) is 2.17. The Morgan fingerprint density at radius 1 is 1.31 bits per heavy atom. The molecule has 72 valence electrons. The Hall–Kier alpha value is -0.520. The summed E-state index contributed by atoms with van der Waals surface area (Å²) in [6.45, 7) is 4.74. The summed E-state index contributed by atoms with van der Waals surface area (Å²) in [5.41, 5.74) is 2.19. The molecule has 2 rings (SSSR count). The third-order valence-electron chi connectivity index (χ3n) is 3.81.